The fourth-order valence-corrected chi connectivity index (χ4v) is 2.23. The Balaban J connectivity index is 4.36. The van der Waals surface area contributed by atoms with Crippen molar-refractivity contribution in [2.45, 2.75) is 31.9 Å². The van der Waals surface area contributed by atoms with E-state index in [0.717, 1.165) is 6.42 Å². The molecule has 1 amide bonds. The topological polar surface area (TPSA) is 89.5 Å². The van der Waals surface area contributed by atoms with Crippen LogP contribution in [0.3, 0.4) is 0 Å². The Kier molecular flexibility index (Phi) is 6.79. The second-order valence-corrected chi connectivity index (χ2v) is 6.17. The Hall–Kier alpha value is -1.11. The van der Waals surface area contributed by atoms with Crippen molar-refractivity contribution in [3.05, 3.63) is 0 Å². The highest BCUT2D eigenvalue weighted by Gasteiger charge is 2.26. The summed E-state index contributed by atoms with van der Waals surface area (Å²) in [4.78, 5) is 22.2. The molecule has 0 aliphatic heterocycles. The highest BCUT2D eigenvalue weighted by molar-refractivity contribution is 7.92. The summed E-state index contributed by atoms with van der Waals surface area (Å²) < 4.78 is 27.8. The lowest BCUT2D eigenvalue weighted by molar-refractivity contribution is -0.140. The summed E-state index contributed by atoms with van der Waals surface area (Å²) in [5, 5.41) is 1.56. The molecule has 1 N–H and O–H groups in total. The highest BCUT2D eigenvalue weighted by Crippen LogP contribution is 2.07. The Bertz CT molecular complexity index is 363. The van der Waals surface area contributed by atoms with Crippen LogP contribution < -0.4 is 5.32 Å². The number of esters is 1. The third-order valence-electron chi connectivity index (χ3n) is 2.20. The highest BCUT2D eigenvalue weighted by atomic mass is 32.2. The van der Waals surface area contributed by atoms with Crippen LogP contribution in [0, 0.1) is 0 Å². The molecule has 0 radical (unpaired) electrons. The average Bonchev–Trinajstić information content (AvgIpc) is 2.25. The van der Waals surface area contributed by atoms with Gasteiger partial charge in [-0.2, -0.15) is 0 Å². The van der Waals surface area contributed by atoms with E-state index in [9.17, 15) is 18.0 Å². The minimum absolute atomic E-state index is 0.236. The van der Waals surface area contributed by atoms with Crippen LogP contribution in [-0.4, -0.2) is 45.0 Å². The molecule has 0 spiro atoms. The molecule has 1 atom stereocenters. The molecule has 17 heavy (non-hydrogen) atoms. The maximum atomic E-state index is 11.7. The van der Waals surface area contributed by atoms with Gasteiger partial charge < -0.3 is 10.1 Å². The molecule has 0 aromatic rings. The van der Waals surface area contributed by atoms with Crippen LogP contribution in [0.1, 0.15) is 26.7 Å². The molecule has 6 nitrogen and oxygen atoms in total. The van der Waals surface area contributed by atoms with E-state index < -0.39 is 32.7 Å². The molecule has 1 unspecified atom stereocenters. The monoisotopic (exact) mass is 265 g/mol. The first-order chi connectivity index (χ1) is 7.83. The first kappa shape index (κ1) is 15.9. The van der Waals surface area contributed by atoms with Gasteiger partial charge in [0.05, 0.1) is 18.8 Å². The van der Waals surface area contributed by atoms with Gasteiger partial charge in [-0.3, -0.25) is 9.59 Å². The molecule has 0 saturated carbocycles. The van der Waals surface area contributed by atoms with Crippen molar-refractivity contribution in [1.29, 1.82) is 0 Å². The first-order valence-corrected chi connectivity index (χ1v) is 7.10. The van der Waals surface area contributed by atoms with Crippen molar-refractivity contribution in [1.82, 2.24) is 5.32 Å². The summed E-state index contributed by atoms with van der Waals surface area (Å²) >= 11 is 0. The second kappa shape index (κ2) is 7.26. The number of amides is 1. The molecule has 0 heterocycles. The molecule has 100 valence electrons. The van der Waals surface area contributed by atoms with Crippen molar-refractivity contribution in [2.75, 3.05) is 19.4 Å². The van der Waals surface area contributed by atoms with E-state index in [1.165, 1.54) is 14.0 Å². The normalized spacial score (nSPS) is 12.9. The van der Waals surface area contributed by atoms with Crippen molar-refractivity contribution in [2.24, 2.45) is 0 Å². The summed E-state index contributed by atoms with van der Waals surface area (Å²) in [6, 6.07) is 0. The Labute approximate surface area is 102 Å². The van der Waals surface area contributed by atoms with Gasteiger partial charge >= 0.3 is 5.97 Å². The fourth-order valence-electron chi connectivity index (χ4n) is 1.09. The van der Waals surface area contributed by atoms with Crippen LogP contribution in [0.4, 0.5) is 0 Å². The van der Waals surface area contributed by atoms with Gasteiger partial charge in [0.1, 0.15) is 5.75 Å². The van der Waals surface area contributed by atoms with Gasteiger partial charge in [0.15, 0.2) is 9.84 Å². The average molecular weight is 265 g/mol. The Morgan fingerprint density at radius 3 is 2.41 bits per heavy atom. The van der Waals surface area contributed by atoms with E-state index in [0.29, 0.717) is 6.54 Å². The molecule has 7 heteroatoms. The number of hydrogen-bond donors (Lipinski definition) is 1. The quantitative estimate of drug-likeness (QED) is 0.648. The summed E-state index contributed by atoms with van der Waals surface area (Å²) in [6.45, 7) is 3.70. The maximum Gasteiger partial charge on any atom is 0.306 e. The molecule has 0 saturated heterocycles. The third kappa shape index (κ3) is 6.25. The van der Waals surface area contributed by atoms with Gasteiger partial charge in [-0.25, -0.2) is 8.42 Å². The number of sulfone groups is 1. The summed E-state index contributed by atoms with van der Waals surface area (Å²) in [5.41, 5.74) is 0. The number of hydrogen-bond acceptors (Lipinski definition) is 5. The SMILES string of the molecule is CCCNC(=O)CS(=O)(=O)C(C)CC(=O)OC. The van der Waals surface area contributed by atoms with E-state index in [2.05, 4.69) is 10.1 Å². The predicted octanol–water partition coefficient (Wildman–Crippen LogP) is -0.121. The van der Waals surface area contributed by atoms with Crippen LogP contribution >= 0.6 is 0 Å². The van der Waals surface area contributed by atoms with Gasteiger partial charge in [-0.1, -0.05) is 6.92 Å². The first-order valence-electron chi connectivity index (χ1n) is 5.38. The predicted molar refractivity (Wildman–Crippen MR) is 63.2 cm³/mol. The molecule has 0 fully saturated rings. The van der Waals surface area contributed by atoms with E-state index in [4.69, 9.17) is 0 Å². The summed E-state index contributed by atoms with van der Waals surface area (Å²) in [6.07, 6.45) is 0.503. The van der Waals surface area contributed by atoms with Gasteiger partial charge in [-0.05, 0) is 13.3 Å². The van der Waals surface area contributed by atoms with Crippen molar-refractivity contribution < 1.29 is 22.7 Å². The van der Waals surface area contributed by atoms with E-state index in [1.807, 2.05) is 6.92 Å². The van der Waals surface area contributed by atoms with E-state index in [1.54, 1.807) is 0 Å². The van der Waals surface area contributed by atoms with Crippen molar-refractivity contribution in [3.8, 4) is 0 Å². The molecule has 0 aromatic carbocycles. The lowest BCUT2D eigenvalue weighted by atomic mass is 10.3. The second-order valence-electron chi connectivity index (χ2n) is 3.75. The van der Waals surface area contributed by atoms with Crippen LogP contribution in [0.2, 0.25) is 0 Å². The Morgan fingerprint density at radius 1 is 1.35 bits per heavy atom. The molecule has 0 bridgehead atoms. The molecular formula is C10H19NO5S. The van der Waals surface area contributed by atoms with Crippen molar-refractivity contribution >= 4 is 21.7 Å². The number of ether oxygens (including phenoxy) is 1. The van der Waals surface area contributed by atoms with E-state index in [-0.39, 0.29) is 6.42 Å². The van der Waals surface area contributed by atoms with Crippen LogP contribution in [-0.2, 0) is 24.2 Å². The summed E-state index contributed by atoms with van der Waals surface area (Å²) in [7, 11) is -2.42. The number of rotatable bonds is 7. The number of methoxy groups -OCH3 is 1. The lowest BCUT2D eigenvalue weighted by Crippen LogP contribution is -2.35. The summed E-state index contributed by atoms with van der Waals surface area (Å²) in [5.74, 6) is -1.73. The largest absolute Gasteiger partial charge is 0.469 e. The zero-order valence-corrected chi connectivity index (χ0v) is 11.2. The number of carbonyl (C=O) groups excluding carboxylic acids is 2. The minimum Gasteiger partial charge on any atom is -0.469 e. The fraction of sp³-hybridized carbons (Fsp3) is 0.800. The van der Waals surface area contributed by atoms with Gasteiger partial charge in [-0.15, -0.1) is 0 Å². The van der Waals surface area contributed by atoms with Crippen molar-refractivity contribution in [3.63, 3.8) is 0 Å². The lowest BCUT2D eigenvalue weighted by Gasteiger charge is -2.11. The molecule has 0 rings (SSSR count). The standard InChI is InChI=1S/C10H19NO5S/c1-4-5-11-9(12)7-17(14,15)8(2)6-10(13)16-3/h8H,4-7H2,1-3H3,(H,11,12). The van der Waals surface area contributed by atoms with E-state index >= 15 is 0 Å². The molecular weight excluding hydrogens is 246 g/mol. The molecule has 0 aliphatic rings. The zero-order chi connectivity index (χ0) is 13.5. The Morgan fingerprint density at radius 2 is 1.94 bits per heavy atom. The molecule has 0 aliphatic carbocycles. The number of nitrogens with one attached hydrogen (secondary N) is 1. The third-order valence-corrected chi connectivity index (χ3v) is 4.26. The van der Waals surface area contributed by atoms with Gasteiger partial charge in [0.25, 0.3) is 0 Å². The molecule has 0 aromatic heterocycles. The van der Waals surface area contributed by atoms with Crippen LogP contribution in [0.15, 0.2) is 0 Å². The van der Waals surface area contributed by atoms with Gasteiger partial charge in [0.2, 0.25) is 5.91 Å². The smallest absolute Gasteiger partial charge is 0.306 e. The minimum atomic E-state index is -3.61. The van der Waals surface area contributed by atoms with Crippen LogP contribution in [0.5, 0.6) is 0 Å². The number of carbonyl (C=O) groups is 2. The zero-order valence-electron chi connectivity index (χ0n) is 10.4. The van der Waals surface area contributed by atoms with Gasteiger partial charge in [0, 0.05) is 6.54 Å². The maximum absolute atomic E-state index is 11.7. The van der Waals surface area contributed by atoms with Crippen LogP contribution in [0.25, 0.3) is 0 Å².